The van der Waals surface area contributed by atoms with E-state index < -0.39 is 12.0 Å². The van der Waals surface area contributed by atoms with E-state index in [9.17, 15) is 9.59 Å². The zero-order valence-corrected chi connectivity index (χ0v) is 12.5. The maximum absolute atomic E-state index is 12.3. The number of carbonyl (C=O) groups excluding carboxylic acids is 2. The van der Waals surface area contributed by atoms with Crippen LogP contribution in [-0.2, 0) is 9.53 Å². The first-order chi connectivity index (χ1) is 10.1. The minimum Gasteiger partial charge on any atom is -0.467 e. The number of nitrogens with one attached hydrogen (secondary N) is 2. The Bertz CT molecular complexity index is 648. The summed E-state index contributed by atoms with van der Waals surface area (Å²) in [5.41, 5.74) is 1.41. The zero-order chi connectivity index (χ0) is 15.4. The Hall–Kier alpha value is -2.30. The van der Waals surface area contributed by atoms with Crippen LogP contribution in [0.15, 0.2) is 30.5 Å². The third-order valence-corrected chi connectivity index (χ3v) is 3.77. The Balaban J connectivity index is 2.19. The van der Waals surface area contributed by atoms with Gasteiger partial charge in [0, 0.05) is 17.3 Å². The van der Waals surface area contributed by atoms with Crippen molar-refractivity contribution in [3.8, 4) is 0 Å². The molecular formula is C16H20N2O3. The van der Waals surface area contributed by atoms with Crippen molar-refractivity contribution in [2.45, 2.75) is 26.3 Å². The molecule has 0 spiro atoms. The molecule has 0 saturated carbocycles. The SMILES string of the molecule is CC[C@@H](C)[C@H](NC(=O)c1ccc2cc[nH]c2c1)C(=O)OC. The fourth-order valence-corrected chi connectivity index (χ4v) is 2.21. The van der Waals surface area contributed by atoms with E-state index in [1.54, 1.807) is 12.1 Å². The molecule has 0 aliphatic rings. The lowest BCUT2D eigenvalue weighted by molar-refractivity contribution is -0.144. The number of ether oxygens (including phenoxy) is 1. The molecule has 21 heavy (non-hydrogen) atoms. The van der Waals surface area contributed by atoms with Crippen LogP contribution in [0.2, 0.25) is 0 Å². The summed E-state index contributed by atoms with van der Waals surface area (Å²) in [6, 6.07) is 6.70. The molecule has 0 fully saturated rings. The van der Waals surface area contributed by atoms with Crippen LogP contribution in [0.1, 0.15) is 30.6 Å². The Kier molecular flexibility index (Phi) is 4.62. The van der Waals surface area contributed by atoms with Crippen LogP contribution < -0.4 is 5.32 Å². The molecule has 112 valence electrons. The number of carbonyl (C=O) groups is 2. The van der Waals surface area contributed by atoms with Crippen molar-refractivity contribution < 1.29 is 14.3 Å². The molecule has 0 radical (unpaired) electrons. The summed E-state index contributed by atoms with van der Waals surface area (Å²) in [4.78, 5) is 27.2. The highest BCUT2D eigenvalue weighted by Gasteiger charge is 2.27. The molecule has 1 heterocycles. The van der Waals surface area contributed by atoms with E-state index in [1.807, 2.05) is 32.2 Å². The monoisotopic (exact) mass is 288 g/mol. The number of H-pyrrole nitrogens is 1. The minimum absolute atomic E-state index is 0.00983. The molecule has 2 atom stereocenters. The Labute approximate surface area is 123 Å². The van der Waals surface area contributed by atoms with E-state index in [1.165, 1.54) is 7.11 Å². The predicted molar refractivity (Wildman–Crippen MR) is 81.0 cm³/mol. The highest BCUT2D eigenvalue weighted by molar-refractivity contribution is 5.99. The van der Waals surface area contributed by atoms with E-state index in [-0.39, 0.29) is 11.8 Å². The minimum atomic E-state index is -0.633. The number of esters is 1. The van der Waals surface area contributed by atoms with Crippen molar-refractivity contribution >= 4 is 22.8 Å². The van der Waals surface area contributed by atoms with Crippen molar-refractivity contribution in [2.75, 3.05) is 7.11 Å². The van der Waals surface area contributed by atoms with Gasteiger partial charge in [0.2, 0.25) is 0 Å². The normalized spacial score (nSPS) is 13.7. The Morgan fingerprint density at radius 3 is 2.76 bits per heavy atom. The van der Waals surface area contributed by atoms with Gasteiger partial charge in [-0.25, -0.2) is 4.79 Å². The maximum Gasteiger partial charge on any atom is 0.328 e. The summed E-state index contributed by atoms with van der Waals surface area (Å²) >= 11 is 0. The predicted octanol–water partition coefficient (Wildman–Crippen LogP) is 2.49. The van der Waals surface area contributed by atoms with Gasteiger partial charge in [-0.15, -0.1) is 0 Å². The number of rotatable bonds is 5. The smallest absolute Gasteiger partial charge is 0.328 e. The van der Waals surface area contributed by atoms with Crippen LogP contribution in [0.3, 0.4) is 0 Å². The zero-order valence-electron chi connectivity index (χ0n) is 12.5. The van der Waals surface area contributed by atoms with Crippen molar-refractivity contribution in [3.05, 3.63) is 36.0 Å². The van der Waals surface area contributed by atoms with Gasteiger partial charge in [0.25, 0.3) is 5.91 Å². The molecule has 5 heteroatoms. The fourth-order valence-electron chi connectivity index (χ4n) is 2.21. The summed E-state index contributed by atoms with van der Waals surface area (Å²) in [5, 5.41) is 3.80. The fraction of sp³-hybridized carbons (Fsp3) is 0.375. The van der Waals surface area contributed by atoms with Crippen molar-refractivity contribution in [1.82, 2.24) is 10.3 Å². The van der Waals surface area contributed by atoms with Gasteiger partial charge in [0.15, 0.2) is 0 Å². The second kappa shape index (κ2) is 6.43. The molecule has 0 saturated heterocycles. The lowest BCUT2D eigenvalue weighted by Crippen LogP contribution is -2.45. The number of methoxy groups -OCH3 is 1. The third-order valence-electron chi connectivity index (χ3n) is 3.77. The van der Waals surface area contributed by atoms with Crippen molar-refractivity contribution in [1.29, 1.82) is 0 Å². The highest BCUT2D eigenvalue weighted by Crippen LogP contribution is 2.15. The molecular weight excluding hydrogens is 268 g/mol. The molecule has 2 N–H and O–H groups in total. The third kappa shape index (κ3) is 3.24. The number of aromatic nitrogens is 1. The van der Waals surface area contributed by atoms with Gasteiger partial charge >= 0.3 is 5.97 Å². The summed E-state index contributed by atoms with van der Waals surface area (Å²) < 4.78 is 4.77. The maximum atomic E-state index is 12.3. The number of hydrogen-bond acceptors (Lipinski definition) is 3. The number of benzene rings is 1. The highest BCUT2D eigenvalue weighted by atomic mass is 16.5. The summed E-state index contributed by atoms with van der Waals surface area (Å²) in [6.45, 7) is 3.88. The molecule has 1 amide bonds. The van der Waals surface area contributed by atoms with Crippen LogP contribution in [0.25, 0.3) is 10.9 Å². The Morgan fingerprint density at radius 2 is 2.10 bits per heavy atom. The van der Waals surface area contributed by atoms with Gasteiger partial charge in [-0.2, -0.15) is 0 Å². The first-order valence-electron chi connectivity index (χ1n) is 7.02. The molecule has 0 bridgehead atoms. The van der Waals surface area contributed by atoms with Gasteiger partial charge in [-0.3, -0.25) is 4.79 Å². The second-order valence-corrected chi connectivity index (χ2v) is 5.14. The first-order valence-corrected chi connectivity index (χ1v) is 7.02. The Morgan fingerprint density at radius 1 is 1.33 bits per heavy atom. The molecule has 5 nitrogen and oxygen atoms in total. The average Bonchev–Trinajstić information content (AvgIpc) is 2.98. The number of amides is 1. The van der Waals surface area contributed by atoms with Crippen LogP contribution in [-0.4, -0.2) is 30.0 Å². The summed E-state index contributed by atoms with van der Waals surface area (Å²) in [5.74, 6) is -0.684. The quantitative estimate of drug-likeness (QED) is 0.830. The number of fused-ring (bicyclic) bond motifs is 1. The summed E-state index contributed by atoms with van der Waals surface area (Å²) in [6.07, 6.45) is 2.60. The molecule has 0 aliphatic heterocycles. The second-order valence-electron chi connectivity index (χ2n) is 5.14. The van der Waals surface area contributed by atoms with Crippen LogP contribution in [0.4, 0.5) is 0 Å². The van der Waals surface area contributed by atoms with Crippen LogP contribution in [0.5, 0.6) is 0 Å². The summed E-state index contributed by atoms with van der Waals surface area (Å²) in [7, 11) is 1.33. The molecule has 1 aromatic carbocycles. The molecule has 2 aromatic rings. The van der Waals surface area contributed by atoms with Gasteiger partial charge in [-0.1, -0.05) is 26.3 Å². The van der Waals surface area contributed by atoms with Crippen LogP contribution in [0, 0.1) is 5.92 Å². The van der Waals surface area contributed by atoms with Gasteiger partial charge in [0.1, 0.15) is 6.04 Å². The van der Waals surface area contributed by atoms with E-state index in [0.29, 0.717) is 5.56 Å². The molecule has 0 aliphatic carbocycles. The molecule has 1 aromatic heterocycles. The van der Waals surface area contributed by atoms with E-state index in [4.69, 9.17) is 4.74 Å². The van der Waals surface area contributed by atoms with Crippen LogP contribution >= 0.6 is 0 Å². The average molecular weight is 288 g/mol. The lowest BCUT2D eigenvalue weighted by atomic mass is 9.98. The largest absolute Gasteiger partial charge is 0.467 e. The number of hydrogen-bond donors (Lipinski definition) is 2. The van der Waals surface area contributed by atoms with Crippen molar-refractivity contribution in [2.24, 2.45) is 5.92 Å². The van der Waals surface area contributed by atoms with E-state index >= 15 is 0 Å². The molecule has 0 unspecified atom stereocenters. The van der Waals surface area contributed by atoms with Gasteiger partial charge in [0.05, 0.1) is 7.11 Å². The first kappa shape index (κ1) is 15.1. The lowest BCUT2D eigenvalue weighted by Gasteiger charge is -2.21. The van der Waals surface area contributed by atoms with Crippen molar-refractivity contribution in [3.63, 3.8) is 0 Å². The van der Waals surface area contributed by atoms with E-state index in [0.717, 1.165) is 17.3 Å². The van der Waals surface area contributed by atoms with Gasteiger partial charge in [-0.05, 0) is 29.5 Å². The topological polar surface area (TPSA) is 71.2 Å². The van der Waals surface area contributed by atoms with Gasteiger partial charge < -0.3 is 15.0 Å². The van der Waals surface area contributed by atoms with E-state index in [2.05, 4.69) is 10.3 Å². The molecule has 2 rings (SSSR count). The standard InChI is InChI=1S/C16H20N2O3/c1-4-10(2)14(16(20)21-3)18-15(19)12-6-5-11-7-8-17-13(11)9-12/h5-10,14,17H,4H2,1-3H3,(H,18,19)/t10-,14+/m1/s1. The number of aromatic amines is 1.